The molecule has 1 aliphatic rings. The molecule has 0 spiro atoms. The fraction of sp³-hybridized carbons (Fsp3) is 0.211. The van der Waals surface area contributed by atoms with Crippen molar-refractivity contribution in [1.82, 2.24) is 10.2 Å². The molecule has 1 atom stereocenters. The van der Waals surface area contributed by atoms with Gasteiger partial charge < -0.3 is 10.6 Å². The lowest BCUT2D eigenvalue weighted by atomic mass is 9.88. The van der Waals surface area contributed by atoms with Gasteiger partial charge in [0.1, 0.15) is 12.1 Å². The van der Waals surface area contributed by atoms with Gasteiger partial charge in [-0.3, -0.25) is 24.6 Å². The van der Waals surface area contributed by atoms with Crippen molar-refractivity contribution < 1.29 is 23.7 Å². The second-order valence-electron chi connectivity index (χ2n) is 6.73. The smallest absolute Gasteiger partial charge is 0.324 e. The number of aryl methyl sites for hydroxylation is 1. The molecule has 0 saturated carbocycles. The number of anilines is 1. The Bertz CT molecular complexity index is 1040. The average molecular weight is 400 g/mol. The number of hydrogen-bond donors (Lipinski definition) is 2. The molecule has 1 unspecified atom stereocenters. The summed E-state index contributed by atoms with van der Waals surface area (Å²) in [6.45, 7) is 2.75. The van der Waals surface area contributed by atoms with Crippen molar-refractivity contribution >= 4 is 29.2 Å². The number of benzene rings is 2. The molecule has 1 heterocycles. The quantitative estimate of drug-likeness (QED) is 0.454. The Morgan fingerprint density at radius 1 is 1.28 bits per heavy atom. The van der Waals surface area contributed by atoms with E-state index in [0.717, 1.165) is 28.7 Å². The van der Waals surface area contributed by atoms with E-state index in [4.69, 9.17) is 0 Å². The SMILES string of the molecule is Cc1ccccc1C1(C)NC(=O)N(CC(=O)Nc2ccc(F)c([N+](=O)[O-])c2)C1=O. The van der Waals surface area contributed by atoms with Gasteiger partial charge in [-0.1, -0.05) is 24.3 Å². The summed E-state index contributed by atoms with van der Waals surface area (Å²) in [5.41, 5.74) is -0.747. The zero-order valence-electron chi connectivity index (χ0n) is 15.6. The van der Waals surface area contributed by atoms with E-state index in [9.17, 15) is 28.9 Å². The van der Waals surface area contributed by atoms with Gasteiger partial charge in [0.05, 0.1) is 4.92 Å². The number of carbonyl (C=O) groups excluding carboxylic acids is 3. The zero-order chi connectivity index (χ0) is 21.3. The van der Waals surface area contributed by atoms with Gasteiger partial charge in [0, 0.05) is 11.8 Å². The van der Waals surface area contributed by atoms with Crippen molar-refractivity contribution in [2.45, 2.75) is 19.4 Å². The highest BCUT2D eigenvalue weighted by atomic mass is 19.1. The molecule has 1 aliphatic heterocycles. The maximum Gasteiger partial charge on any atom is 0.325 e. The molecular weight excluding hydrogens is 383 g/mol. The lowest BCUT2D eigenvalue weighted by Gasteiger charge is -2.24. The Morgan fingerprint density at radius 2 is 1.97 bits per heavy atom. The summed E-state index contributed by atoms with van der Waals surface area (Å²) in [7, 11) is 0. The minimum absolute atomic E-state index is 0.0307. The van der Waals surface area contributed by atoms with Crippen LogP contribution >= 0.6 is 0 Å². The van der Waals surface area contributed by atoms with Crippen LogP contribution in [0.1, 0.15) is 18.1 Å². The van der Waals surface area contributed by atoms with Crippen LogP contribution in [0.5, 0.6) is 0 Å². The number of urea groups is 1. The Labute approximate surface area is 164 Å². The van der Waals surface area contributed by atoms with Gasteiger partial charge >= 0.3 is 11.7 Å². The summed E-state index contributed by atoms with van der Waals surface area (Å²) in [6.07, 6.45) is 0. The highest BCUT2D eigenvalue weighted by Gasteiger charge is 2.50. The second kappa shape index (κ2) is 7.30. The van der Waals surface area contributed by atoms with Crippen molar-refractivity contribution in [2.75, 3.05) is 11.9 Å². The van der Waals surface area contributed by atoms with E-state index >= 15 is 0 Å². The van der Waals surface area contributed by atoms with Crippen LogP contribution in [0.3, 0.4) is 0 Å². The first-order chi connectivity index (χ1) is 13.6. The minimum atomic E-state index is -1.32. The largest absolute Gasteiger partial charge is 0.325 e. The molecule has 2 aromatic carbocycles. The molecule has 0 radical (unpaired) electrons. The summed E-state index contributed by atoms with van der Waals surface area (Å²) in [4.78, 5) is 48.2. The van der Waals surface area contributed by atoms with Gasteiger partial charge in [0.25, 0.3) is 5.91 Å². The third-order valence-corrected chi connectivity index (χ3v) is 4.69. The van der Waals surface area contributed by atoms with Crippen LogP contribution in [0.4, 0.5) is 20.6 Å². The summed E-state index contributed by atoms with van der Waals surface area (Å²) in [6, 6.07) is 9.17. The Morgan fingerprint density at radius 3 is 2.62 bits per heavy atom. The van der Waals surface area contributed by atoms with Crippen LogP contribution in [0.2, 0.25) is 0 Å². The second-order valence-corrected chi connectivity index (χ2v) is 6.73. The Hall–Kier alpha value is -3.82. The molecule has 29 heavy (non-hydrogen) atoms. The molecule has 1 fully saturated rings. The molecule has 9 nitrogen and oxygen atoms in total. The Balaban J connectivity index is 1.77. The van der Waals surface area contributed by atoms with Gasteiger partial charge in [-0.05, 0) is 37.1 Å². The van der Waals surface area contributed by atoms with Crippen LogP contribution < -0.4 is 10.6 Å². The minimum Gasteiger partial charge on any atom is -0.324 e. The molecular formula is C19H17FN4O5. The molecule has 0 bridgehead atoms. The first-order valence-electron chi connectivity index (χ1n) is 8.57. The number of nitrogens with zero attached hydrogens (tertiary/aromatic N) is 2. The number of hydrogen-bond acceptors (Lipinski definition) is 5. The molecule has 10 heteroatoms. The highest BCUT2D eigenvalue weighted by Crippen LogP contribution is 2.31. The van der Waals surface area contributed by atoms with Crippen molar-refractivity contribution in [2.24, 2.45) is 0 Å². The molecule has 2 aromatic rings. The number of nitrogens with one attached hydrogen (secondary N) is 2. The van der Waals surface area contributed by atoms with E-state index < -0.39 is 46.4 Å². The predicted octanol–water partition coefficient (Wildman–Crippen LogP) is 2.45. The molecule has 150 valence electrons. The number of halogens is 1. The van der Waals surface area contributed by atoms with E-state index in [1.807, 2.05) is 0 Å². The van der Waals surface area contributed by atoms with E-state index in [2.05, 4.69) is 10.6 Å². The van der Waals surface area contributed by atoms with E-state index in [0.29, 0.717) is 5.56 Å². The van der Waals surface area contributed by atoms with Gasteiger partial charge in [-0.25, -0.2) is 4.79 Å². The molecule has 0 aromatic heterocycles. The summed E-state index contributed by atoms with van der Waals surface area (Å²) < 4.78 is 13.4. The zero-order valence-corrected chi connectivity index (χ0v) is 15.6. The third kappa shape index (κ3) is 3.64. The molecule has 4 amide bonds. The lowest BCUT2D eigenvalue weighted by molar-refractivity contribution is -0.387. The fourth-order valence-corrected chi connectivity index (χ4v) is 3.23. The van der Waals surface area contributed by atoms with Gasteiger partial charge in [0.15, 0.2) is 0 Å². The normalized spacial score (nSPS) is 18.5. The van der Waals surface area contributed by atoms with Gasteiger partial charge in [-0.2, -0.15) is 4.39 Å². The van der Waals surface area contributed by atoms with Crippen LogP contribution in [-0.2, 0) is 15.1 Å². The van der Waals surface area contributed by atoms with Crippen LogP contribution in [-0.4, -0.2) is 34.2 Å². The maximum atomic E-state index is 13.4. The van der Waals surface area contributed by atoms with Crippen molar-refractivity contribution in [3.05, 3.63) is 69.5 Å². The van der Waals surface area contributed by atoms with E-state index in [-0.39, 0.29) is 5.69 Å². The third-order valence-electron chi connectivity index (χ3n) is 4.69. The van der Waals surface area contributed by atoms with Crippen molar-refractivity contribution in [3.8, 4) is 0 Å². The van der Waals surface area contributed by atoms with Crippen LogP contribution in [0.15, 0.2) is 42.5 Å². The van der Waals surface area contributed by atoms with Gasteiger partial charge in [0.2, 0.25) is 11.7 Å². The number of carbonyl (C=O) groups is 3. The first kappa shape index (κ1) is 19.9. The molecule has 0 aliphatic carbocycles. The number of nitro benzene ring substituents is 1. The number of nitro groups is 1. The predicted molar refractivity (Wildman–Crippen MR) is 100 cm³/mol. The lowest BCUT2D eigenvalue weighted by Crippen LogP contribution is -2.42. The fourth-order valence-electron chi connectivity index (χ4n) is 3.23. The van der Waals surface area contributed by atoms with Crippen LogP contribution in [0, 0.1) is 22.9 Å². The van der Waals surface area contributed by atoms with E-state index in [1.165, 1.54) is 0 Å². The maximum absolute atomic E-state index is 13.4. The number of amides is 4. The van der Waals surface area contributed by atoms with E-state index in [1.54, 1.807) is 38.1 Å². The standard InChI is InChI=1S/C19H17FN4O5/c1-11-5-3-4-6-13(11)19(2)17(26)23(18(27)22-19)10-16(25)21-12-7-8-14(20)15(9-12)24(28)29/h3-9H,10H2,1-2H3,(H,21,25)(H,22,27). The summed E-state index contributed by atoms with van der Waals surface area (Å²) in [5.74, 6) is -2.41. The highest BCUT2D eigenvalue weighted by molar-refractivity contribution is 6.10. The topological polar surface area (TPSA) is 122 Å². The van der Waals surface area contributed by atoms with Crippen LogP contribution in [0.25, 0.3) is 0 Å². The molecule has 1 saturated heterocycles. The molecule has 3 rings (SSSR count). The number of rotatable bonds is 5. The first-order valence-corrected chi connectivity index (χ1v) is 8.57. The van der Waals surface area contributed by atoms with Crippen molar-refractivity contribution in [1.29, 1.82) is 0 Å². The monoisotopic (exact) mass is 400 g/mol. The summed E-state index contributed by atoms with van der Waals surface area (Å²) >= 11 is 0. The molecule has 2 N–H and O–H groups in total. The Kier molecular flexibility index (Phi) is 5.02. The summed E-state index contributed by atoms with van der Waals surface area (Å²) in [5, 5.41) is 15.7. The average Bonchev–Trinajstić information content (AvgIpc) is 2.87. The van der Waals surface area contributed by atoms with Crippen molar-refractivity contribution in [3.63, 3.8) is 0 Å². The van der Waals surface area contributed by atoms with Gasteiger partial charge in [-0.15, -0.1) is 0 Å². The number of imide groups is 1.